The van der Waals surface area contributed by atoms with Gasteiger partial charge in [-0.3, -0.25) is 5.43 Å². The molecule has 0 N–H and O–H groups in total. The summed E-state index contributed by atoms with van der Waals surface area (Å²) in [5.74, 6) is 0. The first kappa shape index (κ1) is 20.3. The van der Waals surface area contributed by atoms with E-state index in [-0.39, 0.29) is 0 Å². The molecule has 0 aliphatic rings. The molecule has 4 nitrogen and oxygen atoms in total. The minimum Gasteiger partial charge on any atom is -0.271 e. The van der Waals surface area contributed by atoms with Gasteiger partial charge in [-0.15, -0.1) is 4.80 Å². The van der Waals surface area contributed by atoms with Gasteiger partial charge in [0, 0.05) is 26.9 Å². The van der Waals surface area contributed by atoms with Crippen LogP contribution in [0.1, 0.15) is 0 Å². The van der Waals surface area contributed by atoms with E-state index in [0.717, 1.165) is 33.9 Å². The maximum absolute atomic E-state index is 6.18. The SMILES string of the molecule is Clc1ccc(-c2nn(-c3ccccc3)[n+]([N-]c3ccccc3)c2-c2ccc(Cl)cc2)cc1. The molecule has 0 atom stereocenters. The molecule has 0 saturated carbocycles. The van der Waals surface area contributed by atoms with Gasteiger partial charge in [0.05, 0.1) is 0 Å². The van der Waals surface area contributed by atoms with Gasteiger partial charge in [0.25, 0.3) is 0 Å². The fourth-order valence-electron chi connectivity index (χ4n) is 3.46. The normalized spacial score (nSPS) is 10.8. The monoisotopic (exact) mass is 456 g/mol. The predicted octanol–water partition coefficient (Wildman–Crippen LogP) is 7.27. The molecular weight excluding hydrogens is 439 g/mol. The van der Waals surface area contributed by atoms with Gasteiger partial charge >= 0.3 is 0 Å². The number of para-hydroxylation sites is 1. The highest BCUT2D eigenvalue weighted by Crippen LogP contribution is 2.32. The lowest BCUT2D eigenvalue weighted by atomic mass is 10.1. The molecule has 6 heteroatoms. The number of rotatable bonds is 5. The second-order valence-electron chi connectivity index (χ2n) is 7.16. The zero-order valence-electron chi connectivity index (χ0n) is 16.9. The number of benzene rings is 4. The van der Waals surface area contributed by atoms with Crippen molar-refractivity contribution in [3.63, 3.8) is 0 Å². The molecule has 0 aliphatic heterocycles. The zero-order valence-corrected chi connectivity index (χ0v) is 18.4. The van der Waals surface area contributed by atoms with Crippen molar-refractivity contribution in [2.45, 2.75) is 0 Å². The van der Waals surface area contributed by atoms with Crippen LogP contribution in [0, 0.1) is 0 Å². The summed E-state index contributed by atoms with van der Waals surface area (Å²) in [4.78, 5) is 3.64. The summed E-state index contributed by atoms with van der Waals surface area (Å²) < 4.78 is 0. The summed E-state index contributed by atoms with van der Waals surface area (Å²) >= 11 is 12.3. The van der Waals surface area contributed by atoms with Crippen molar-refractivity contribution < 1.29 is 4.79 Å². The molecule has 0 bridgehead atoms. The van der Waals surface area contributed by atoms with Crippen LogP contribution in [0.2, 0.25) is 10.0 Å². The van der Waals surface area contributed by atoms with Crippen molar-refractivity contribution in [1.29, 1.82) is 0 Å². The Hall–Kier alpha value is -3.60. The Morgan fingerprint density at radius 2 is 1.16 bits per heavy atom. The fraction of sp³-hybridized carbons (Fsp3) is 0. The Labute approximate surface area is 196 Å². The lowest BCUT2D eigenvalue weighted by Crippen LogP contribution is -2.40. The molecule has 5 aromatic rings. The van der Waals surface area contributed by atoms with Crippen LogP contribution in [0.25, 0.3) is 33.6 Å². The maximum atomic E-state index is 6.18. The highest BCUT2D eigenvalue weighted by atomic mass is 35.5. The summed E-state index contributed by atoms with van der Waals surface area (Å²) in [6.45, 7) is 0. The molecule has 0 amide bonds. The van der Waals surface area contributed by atoms with Crippen LogP contribution in [0.3, 0.4) is 0 Å². The van der Waals surface area contributed by atoms with E-state index in [1.54, 1.807) is 4.80 Å². The quantitative estimate of drug-likeness (QED) is 0.256. The third kappa shape index (κ3) is 4.11. The minimum atomic E-state index is 0.670. The number of halogens is 2. The fourth-order valence-corrected chi connectivity index (χ4v) is 3.71. The largest absolute Gasteiger partial charge is 0.271 e. The standard InChI is InChI=1S/C26H18Cl2N4/c27-21-15-11-19(12-16-21)25-26(20-13-17-22(28)18-14-20)32(29-23-7-3-1-4-8-23)31(30-25)24-9-5-2-6-10-24/h1-18H. The summed E-state index contributed by atoms with van der Waals surface area (Å²) in [5, 5.41) is 6.33. The number of hydrogen-bond donors (Lipinski definition) is 0. The lowest BCUT2D eigenvalue weighted by Gasteiger charge is -2.16. The van der Waals surface area contributed by atoms with E-state index in [1.807, 2.05) is 114 Å². The molecule has 0 radical (unpaired) electrons. The van der Waals surface area contributed by atoms with Crippen molar-refractivity contribution >= 4 is 28.9 Å². The third-order valence-corrected chi connectivity index (χ3v) is 5.49. The van der Waals surface area contributed by atoms with Gasteiger partial charge in [-0.2, -0.15) is 4.79 Å². The van der Waals surface area contributed by atoms with Crippen LogP contribution in [0.15, 0.2) is 109 Å². The molecule has 1 heterocycles. The summed E-state index contributed by atoms with van der Waals surface area (Å²) in [6, 6.07) is 35.1. The smallest absolute Gasteiger partial charge is 0.234 e. The summed E-state index contributed by atoms with van der Waals surface area (Å²) in [5.41, 5.74) is 10.2. The van der Waals surface area contributed by atoms with Gasteiger partial charge in [-0.1, -0.05) is 83.9 Å². The second kappa shape index (κ2) is 8.87. The zero-order chi connectivity index (χ0) is 21.9. The van der Waals surface area contributed by atoms with Crippen molar-refractivity contribution in [3.05, 3.63) is 125 Å². The van der Waals surface area contributed by atoms with Gasteiger partial charge in [-0.05, 0) is 59.3 Å². The number of aromatic nitrogens is 3. The molecule has 0 saturated heterocycles. The van der Waals surface area contributed by atoms with Gasteiger partial charge in [0.2, 0.25) is 5.69 Å². The topological polar surface area (TPSA) is 35.8 Å². The van der Waals surface area contributed by atoms with Crippen LogP contribution in [0.4, 0.5) is 5.69 Å². The van der Waals surface area contributed by atoms with Crippen LogP contribution in [-0.4, -0.2) is 9.90 Å². The van der Waals surface area contributed by atoms with E-state index >= 15 is 0 Å². The average molecular weight is 457 g/mol. The Balaban J connectivity index is 1.79. The maximum Gasteiger partial charge on any atom is 0.234 e. The molecule has 0 spiro atoms. The van der Waals surface area contributed by atoms with Gasteiger partial charge in [0.1, 0.15) is 0 Å². The summed E-state index contributed by atoms with van der Waals surface area (Å²) in [7, 11) is 0. The Morgan fingerprint density at radius 1 is 0.625 bits per heavy atom. The van der Waals surface area contributed by atoms with E-state index in [2.05, 4.69) is 0 Å². The van der Waals surface area contributed by atoms with E-state index in [4.69, 9.17) is 33.7 Å². The molecule has 32 heavy (non-hydrogen) atoms. The second-order valence-corrected chi connectivity index (χ2v) is 8.03. The van der Waals surface area contributed by atoms with Crippen LogP contribution < -0.4 is 4.79 Å². The van der Waals surface area contributed by atoms with Gasteiger partial charge < -0.3 is 0 Å². The van der Waals surface area contributed by atoms with E-state index in [1.165, 1.54) is 0 Å². The van der Waals surface area contributed by atoms with E-state index in [9.17, 15) is 0 Å². The predicted molar refractivity (Wildman–Crippen MR) is 130 cm³/mol. The van der Waals surface area contributed by atoms with E-state index in [0.29, 0.717) is 10.0 Å². The molecule has 156 valence electrons. The van der Waals surface area contributed by atoms with Crippen molar-refractivity contribution in [1.82, 2.24) is 9.90 Å². The first-order valence-corrected chi connectivity index (χ1v) is 10.8. The van der Waals surface area contributed by atoms with Crippen LogP contribution >= 0.6 is 23.2 Å². The van der Waals surface area contributed by atoms with Gasteiger partial charge in [0.15, 0.2) is 5.69 Å². The highest BCUT2D eigenvalue weighted by molar-refractivity contribution is 6.31. The molecular formula is C26H18Cl2N4. The molecule has 1 aromatic heterocycles. The summed E-state index contributed by atoms with van der Waals surface area (Å²) in [6.07, 6.45) is 0. The van der Waals surface area contributed by atoms with Crippen molar-refractivity contribution in [3.8, 4) is 28.2 Å². The first-order valence-electron chi connectivity index (χ1n) is 10.1. The van der Waals surface area contributed by atoms with Crippen LogP contribution in [0.5, 0.6) is 0 Å². The Bertz CT molecular complexity index is 1330. The Kier molecular flexibility index (Phi) is 5.63. The number of nitrogens with zero attached hydrogens (tertiary/aromatic N) is 4. The molecule has 0 unspecified atom stereocenters. The van der Waals surface area contributed by atoms with Gasteiger partial charge in [-0.25, -0.2) is 0 Å². The molecule has 4 aromatic carbocycles. The molecule has 0 fully saturated rings. The Morgan fingerprint density at radius 3 is 1.75 bits per heavy atom. The number of hydrogen-bond acceptors (Lipinski definition) is 1. The third-order valence-electron chi connectivity index (χ3n) is 4.99. The highest BCUT2D eigenvalue weighted by Gasteiger charge is 2.25. The first-order chi connectivity index (χ1) is 15.7. The van der Waals surface area contributed by atoms with Crippen molar-refractivity contribution in [2.24, 2.45) is 0 Å². The molecule has 0 aliphatic carbocycles. The van der Waals surface area contributed by atoms with E-state index < -0.39 is 0 Å². The van der Waals surface area contributed by atoms with Crippen molar-refractivity contribution in [2.75, 3.05) is 0 Å². The minimum absolute atomic E-state index is 0.670. The van der Waals surface area contributed by atoms with Crippen LogP contribution in [-0.2, 0) is 0 Å². The average Bonchev–Trinajstić information content (AvgIpc) is 3.20. The lowest BCUT2D eigenvalue weighted by molar-refractivity contribution is -0.690. The molecule has 5 rings (SSSR count).